The summed E-state index contributed by atoms with van der Waals surface area (Å²) in [7, 11) is 1.31. The predicted octanol–water partition coefficient (Wildman–Crippen LogP) is 4.63. The van der Waals surface area contributed by atoms with Crippen molar-refractivity contribution in [1.82, 2.24) is 0 Å². The maximum atomic E-state index is 13.0. The molecule has 1 aliphatic heterocycles. The van der Waals surface area contributed by atoms with Crippen molar-refractivity contribution in [2.24, 2.45) is 0 Å². The highest BCUT2D eigenvalue weighted by atomic mass is 16.5. The maximum Gasteiger partial charge on any atom is 0.337 e. The molecule has 3 amide bonds. The van der Waals surface area contributed by atoms with Gasteiger partial charge in [-0.25, -0.2) is 9.59 Å². The van der Waals surface area contributed by atoms with Gasteiger partial charge in [0.05, 0.1) is 12.7 Å². The van der Waals surface area contributed by atoms with Gasteiger partial charge in [-0.15, -0.1) is 0 Å². The minimum absolute atomic E-state index is 0.0592. The third-order valence-electron chi connectivity index (χ3n) is 5.35. The van der Waals surface area contributed by atoms with Gasteiger partial charge < -0.3 is 20.3 Å². The van der Waals surface area contributed by atoms with E-state index in [1.807, 2.05) is 49.4 Å². The molecule has 7 heteroatoms. The highest BCUT2D eigenvalue weighted by molar-refractivity contribution is 6.08. The van der Waals surface area contributed by atoms with Crippen molar-refractivity contribution in [2.75, 3.05) is 29.2 Å². The minimum Gasteiger partial charge on any atom is -0.465 e. The number of nitrogens with zero attached hydrogens (tertiary/aromatic N) is 1. The van der Waals surface area contributed by atoms with E-state index in [4.69, 9.17) is 0 Å². The average molecular weight is 429 g/mol. The molecule has 1 aliphatic rings. The van der Waals surface area contributed by atoms with Gasteiger partial charge in [0.2, 0.25) is 0 Å². The number of ether oxygens (including phenoxy) is 1. The lowest BCUT2D eigenvalue weighted by Gasteiger charge is -2.18. The number of urea groups is 1. The molecule has 0 radical (unpaired) electrons. The summed E-state index contributed by atoms with van der Waals surface area (Å²) in [5.41, 5.74) is 5.11. The van der Waals surface area contributed by atoms with E-state index in [-0.39, 0.29) is 5.91 Å². The van der Waals surface area contributed by atoms with Crippen LogP contribution in [0.5, 0.6) is 0 Å². The first-order valence-corrected chi connectivity index (χ1v) is 10.2. The highest BCUT2D eigenvalue weighted by Gasteiger charge is 2.26. The number of hydrogen-bond acceptors (Lipinski definition) is 4. The summed E-state index contributed by atoms with van der Waals surface area (Å²) in [5, 5.41) is 5.52. The molecular formula is C25H23N3O4. The molecule has 3 aromatic rings. The summed E-state index contributed by atoms with van der Waals surface area (Å²) in [5.74, 6) is -0.500. The summed E-state index contributed by atoms with van der Waals surface area (Å²) in [6, 6.07) is 19.0. The first-order valence-electron chi connectivity index (χ1n) is 10.2. The number of methoxy groups -OCH3 is 1. The lowest BCUT2D eigenvalue weighted by atomic mass is 10.1. The normalized spacial score (nSPS) is 12.1. The van der Waals surface area contributed by atoms with Gasteiger partial charge in [-0.1, -0.05) is 23.8 Å². The Morgan fingerprint density at radius 1 is 0.844 bits per heavy atom. The third-order valence-corrected chi connectivity index (χ3v) is 5.35. The second-order valence-electron chi connectivity index (χ2n) is 7.56. The Labute approximate surface area is 186 Å². The fourth-order valence-electron chi connectivity index (χ4n) is 3.62. The largest absolute Gasteiger partial charge is 0.465 e. The number of anilines is 3. The van der Waals surface area contributed by atoms with E-state index in [2.05, 4.69) is 15.4 Å². The van der Waals surface area contributed by atoms with Crippen LogP contribution >= 0.6 is 0 Å². The Kier molecular flexibility index (Phi) is 5.89. The van der Waals surface area contributed by atoms with Crippen LogP contribution in [-0.4, -0.2) is 31.6 Å². The quantitative estimate of drug-likeness (QED) is 0.592. The zero-order valence-corrected chi connectivity index (χ0v) is 17.8. The van der Waals surface area contributed by atoms with E-state index in [0.29, 0.717) is 29.0 Å². The number of carbonyl (C=O) groups is 3. The molecule has 2 N–H and O–H groups in total. The molecule has 1 heterocycles. The molecule has 3 aromatic carbocycles. The molecule has 0 aliphatic carbocycles. The van der Waals surface area contributed by atoms with Gasteiger partial charge in [-0.3, -0.25) is 4.79 Å². The Hall–Kier alpha value is -4.13. The van der Waals surface area contributed by atoms with Crippen LogP contribution in [0.15, 0.2) is 66.7 Å². The van der Waals surface area contributed by atoms with E-state index in [1.54, 1.807) is 29.2 Å². The second kappa shape index (κ2) is 8.93. The number of esters is 1. The summed E-state index contributed by atoms with van der Waals surface area (Å²) in [4.78, 5) is 38.7. The van der Waals surface area contributed by atoms with Crippen molar-refractivity contribution in [3.8, 4) is 0 Å². The van der Waals surface area contributed by atoms with Gasteiger partial charge in [-0.2, -0.15) is 0 Å². The summed E-state index contributed by atoms with van der Waals surface area (Å²) in [6.07, 6.45) is 0.770. The van der Waals surface area contributed by atoms with Crippen molar-refractivity contribution in [3.63, 3.8) is 0 Å². The van der Waals surface area contributed by atoms with Crippen LogP contribution in [-0.2, 0) is 11.2 Å². The molecule has 0 spiro atoms. The number of nitrogens with one attached hydrogen (secondary N) is 2. The van der Waals surface area contributed by atoms with Crippen molar-refractivity contribution in [2.45, 2.75) is 13.3 Å². The van der Waals surface area contributed by atoms with Gasteiger partial charge in [0, 0.05) is 29.2 Å². The molecular weight excluding hydrogens is 406 g/mol. The third kappa shape index (κ3) is 4.46. The lowest BCUT2D eigenvalue weighted by molar-refractivity contribution is 0.0600. The first-order chi connectivity index (χ1) is 15.4. The van der Waals surface area contributed by atoms with Gasteiger partial charge in [0.25, 0.3) is 5.91 Å². The van der Waals surface area contributed by atoms with Gasteiger partial charge in [0.1, 0.15) is 0 Å². The Balaban J connectivity index is 1.45. The van der Waals surface area contributed by atoms with Crippen LogP contribution in [0.1, 0.15) is 31.8 Å². The SMILES string of the molecule is COC(=O)c1ccc(NC(=O)Nc2ccc3c(c2)N(C(=O)c2ccc(C)cc2)CC3)cc1. The number of benzene rings is 3. The molecule has 7 nitrogen and oxygen atoms in total. The number of carbonyl (C=O) groups excluding carboxylic acids is 3. The number of rotatable bonds is 4. The van der Waals surface area contributed by atoms with E-state index in [1.165, 1.54) is 7.11 Å². The molecule has 162 valence electrons. The van der Waals surface area contributed by atoms with Crippen molar-refractivity contribution in [3.05, 3.63) is 89.0 Å². The van der Waals surface area contributed by atoms with Crippen LogP contribution in [0.4, 0.5) is 21.9 Å². The fraction of sp³-hybridized carbons (Fsp3) is 0.160. The van der Waals surface area contributed by atoms with Gasteiger partial charge in [0.15, 0.2) is 0 Å². The van der Waals surface area contributed by atoms with Crippen LogP contribution in [0.25, 0.3) is 0 Å². The van der Waals surface area contributed by atoms with Crippen molar-refractivity contribution < 1.29 is 19.1 Å². The molecule has 32 heavy (non-hydrogen) atoms. The van der Waals surface area contributed by atoms with E-state index >= 15 is 0 Å². The zero-order valence-electron chi connectivity index (χ0n) is 17.8. The summed E-state index contributed by atoms with van der Waals surface area (Å²) >= 11 is 0. The number of amides is 3. The van der Waals surface area contributed by atoms with Gasteiger partial charge in [-0.05, 0) is 67.4 Å². The van der Waals surface area contributed by atoms with E-state index < -0.39 is 12.0 Å². The average Bonchev–Trinajstić information content (AvgIpc) is 3.22. The fourth-order valence-corrected chi connectivity index (χ4v) is 3.62. The molecule has 0 saturated carbocycles. The Bertz CT molecular complexity index is 1170. The monoisotopic (exact) mass is 429 g/mol. The molecule has 0 fully saturated rings. The van der Waals surface area contributed by atoms with Crippen LogP contribution in [0.3, 0.4) is 0 Å². The number of hydrogen-bond donors (Lipinski definition) is 2. The second-order valence-corrected chi connectivity index (χ2v) is 7.56. The number of aryl methyl sites for hydroxylation is 1. The van der Waals surface area contributed by atoms with Crippen LogP contribution in [0.2, 0.25) is 0 Å². The minimum atomic E-state index is -0.441. The van der Waals surface area contributed by atoms with E-state index in [9.17, 15) is 14.4 Å². The van der Waals surface area contributed by atoms with Crippen LogP contribution < -0.4 is 15.5 Å². The molecule has 0 unspecified atom stereocenters. The highest BCUT2D eigenvalue weighted by Crippen LogP contribution is 2.32. The van der Waals surface area contributed by atoms with Crippen molar-refractivity contribution >= 4 is 35.0 Å². The van der Waals surface area contributed by atoms with Gasteiger partial charge >= 0.3 is 12.0 Å². The van der Waals surface area contributed by atoms with Crippen molar-refractivity contribution in [1.29, 1.82) is 0 Å². The first kappa shape index (κ1) is 21.1. The molecule has 0 bridgehead atoms. The maximum absolute atomic E-state index is 13.0. The Morgan fingerprint density at radius 3 is 2.16 bits per heavy atom. The Morgan fingerprint density at radius 2 is 1.47 bits per heavy atom. The smallest absolute Gasteiger partial charge is 0.337 e. The predicted molar refractivity (Wildman–Crippen MR) is 123 cm³/mol. The lowest BCUT2D eigenvalue weighted by Crippen LogP contribution is -2.29. The molecule has 0 atom stereocenters. The van der Waals surface area contributed by atoms with E-state index in [0.717, 1.165) is 23.2 Å². The topological polar surface area (TPSA) is 87.7 Å². The van der Waals surface area contributed by atoms with Crippen LogP contribution in [0, 0.1) is 6.92 Å². The summed E-state index contributed by atoms with van der Waals surface area (Å²) in [6.45, 7) is 2.58. The standard InChI is InChI=1S/C25H23N3O4/c1-16-3-5-18(6-4-16)23(29)28-14-13-17-7-12-21(15-22(17)28)27-25(31)26-20-10-8-19(9-11-20)24(30)32-2/h3-12,15H,13-14H2,1-2H3,(H2,26,27,31). The number of fused-ring (bicyclic) bond motifs is 1. The molecule has 0 saturated heterocycles. The molecule has 4 rings (SSSR count). The molecule has 0 aromatic heterocycles. The zero-order chi connectivity index (χ0) is 22.7. The summed E-state index contributed by atoms with van der Waals surface area (Å²) < 4.78 is 4.67.